The maximum absolute atomic E-state index is 11.9. The van der Waals surface area contributed by atoms with Gasteiger partial charge in [-0.2, -0.15) is 5.26 Å². The normalized spacial score (nSPS) is 10.1. The van der Waals surface area contributed by atoms with Crippen LogP contribution >= 0.6 is 0 Å². The molecule has 1 N–H and O–H groups in total. The van der Waals surface area contributed by atoms with Crippen LogP contribution in [0.25, 0.3) is 0 Å². The Bertz CT molecular complexity index is 939. The van der Waals surface area contributed by atoms with Crippen molar-refractivity contribution in [3.05, 3.63) is 71.4 Å². The summed E-state index contributed by atoms with van der Waals surface area (Å²) >= 11 is 0. The van der Waals surface area contributed by atoms with Crippen molar-refractivity contribution >= 4 is 11.6 Å². The third kappa shape index (κ3) is 3.67. The second-order valence-corrected chi connectivity index (χ2v) is 5.39. The van der Waals surface area contributed by atoms with Gasteiger partial charge in [-0.15, -0.1) is 0 Å². The molecule has 0 bridgehead atoms. The number of hydrogen-bond donors (Lipinski definition) is 1. The van der Waals surface area contributed by atoms with Crippen LogP contribution in [0.4, 0.5) is 5.69 Å². The van der Waals surface area contributed by atoms with Crippen molar-refractivity contribution < 1.29 is 13.9 Å². The number of aromatic nitrogens is 1. The standard InChI is InChI=1S/C19H15N3O3/c1-12-10-18(16(11-20)13(2)21-12)25-15-7-5-14(6-8-15)22-19(23)17-4-3-9-24-17/h3-10H,1-2H3,(H,22,23). The summed E-state index contributed by atoms with van der Waals surface area (Å²) in [6.07, 6.45) is 1.44. The van der Waals surface area contributed by atoms with Gasteiger partial charge in [0.1, 0.15) is 23.1 Å². The molecule has 0 aliphatic rings. The summed E-state index contributed by atoms with van der Waals surface area (Å²) in [5.74, 6) is 0.921. The molecule has 0 aliphatic heterocycles. The number of rotatable bonds is 4. The lowest BCUT2D eigenvalue weighted by Gasteiger charge is -2.10. The zero-order valence-corrected chi connectivity index (χ0v) is 13.7. The van der Waals surface area contributed by atoms with E-state index in [1.165, 1.54) is 6.26 Å². The maximum atomic E-state index is 11.9. The smallest absolute Gasteiger partial charge is 0.291 e. The van der Waals surface area contributed by atoms with Crippen LogP contribution in [-0.2, 0) is 0 Å². The van der Waals surface area contributed by atoms with Crippen molar-refractivity contribution in [2.24, 2.45) is 0 Å². The van der Waals surface area contributed by atoms with E-state index >= 15 is 0 Å². The number of aryl methyl sites for hydroxylation is 2. The summed E-state index contributed by atoms with van der Waals surface area (Å²) in [6, 6.07) is 13.9. The highest BCUT2D eigenvalue weighted by molar-refractivity contribution is 6.02. The number of pyridine rings is 1. The molecule has 2 heterocycles. The average Bonchev–Trinajstić information content (AvgIpc) is 3.11. The Labute approximate surface area is 144 Å². The Kier molecular flexibility index (Phi) is 4.48. The van der Waals surface area contributed by atoms with Gasteiger partial charge in [0, 0.05) is 17.4 Å². The van der Waals surface area contributed by atoms with Crippen LogP contribution in [0.1, 0.15) is 27.5 Å². The quantitative estimate of drug-likeness (QED) is 0.772. The zero-order chi connectivity index (χ0) is 17.8. The molecule has 2 aromatic heterocycles. The molecule has 1 aromatic carbocycles. The number of carbonyl (C=O) groups excluding carboxylic acids is 1. The lowest BCUT2D eigenvalue weighted by Crippen LogP contribution is -2.10. The molecule has 6 nitrogen and oxygen atoms in total. The monoisotopic (exact) mass is 333 g/mol. The fourth-order valence-corrected chi connectivity index (χ4v) is 2.34. The van der Waals surface area contributed by atoms with Gasteiger partial charge in [0.2, 0.25) is 0 Å². The SMILES string of the molecule is Cc1cc(Oc2ccc(NC(=O)c3ccco3)cc2)c(C#N)c(C)n1. The van der Waals surface area contributed by atoms with E-state index in [9.17, 15) is 10.1 Å². The molecule has 25 heavy (non-hydrogen) atoms. The molecule has 3 rings (SSSR count). The van der Waals surface area contributed by atoms with E-state index in [1.807, 2.05) is 6.92 Å². The molecule has 124 valence electrons. The van der Waals surface area contributed by atoms with Crippen molar-refractivity contribution in [2.75, 3.05) is 5.32 Å². The number of ether oxygens (including phenoxy) is 1. The Morgan fingerprint density at radius 2 is 2.00 bits per heavy atom. The van der Waals surface area contributed by atoms with Gasteiger partial charge in [0.15, 0.2) is 5.76 Å². The summed E-state index contributed by atoms with van der Waals surface area (Å²) in [6.45, 7) is 3.61. The first kappa shape index (κ1) is 16.3. The number of furan rings is 1. The van der Waals surface area contributed by atoms with Crippen LogP contribution in [0, 0.1) is 25.2 Å². The largest absolute Gasteiger partial charge is 0.459 e. The topological polar surface area (TPSA) is 88.1 Å². The van der Waals surface area contributed by atoms with Crippen LogP contribution < -0.4 is 10.1 Å². The van der Waals surface area contributed by atoms with Gasteiger partial charge in [0.25, 0.3) is 5.91 Å². The third-order valence-corrected chi connectivity index (χ3v) is 3.49. The van der Waals surface area contributed by atoms with E-state index in [0.29, 0.717) is 28.4 Å². The van der Waals surface area contributed by atoms with Crippen LogP contribution in [0.3, 0.4) is 0 Å². The second kappa shape index (κ2) is 6.89. The molecular formula is C19H15N3O3. The number of amides is 1. The van der Waals surface area contributed by atoms with Crippen molar-refractivity contribution in [1.82, 2.24) is 4.98 Å². The highest BCUT2D eigenvalue weighted by Crippen LogP contribution is 2.28. The lowest BCUT2D eigenvalue weighted by atomic mass is 10.2. The molecule has 0 atom stereocenters. The molecule has 0 saturated heterocycles. The number of hydrogen-bond acceptors (Lipinski definition) is 5. The number of nitriles is 1. The Morgan fingerprint density at radius 1 is 1.24 bits per heavy atom. The summed E-state index contributed by atoms with van der Waals surface area (Å²) in [7, 11) is 0. The predicted octanol–water partition coefficient (Wildman–Crippen LogP) is 4.21. The van der Waals surface area contributed by atoms with Gasteiger partial charge in [-0.25, -0.2) is 0 Å². The number of benzene rings is 1. The molecule has 0 fully saturated rings. The molecule has 0 aliphatic carbocycles. The summed E-state index contributed by atoms with van der Waals surface area (Å²) in [4.78, 5) is 16.2. The van der Waals surface area contributed by atoms with Crippen LogP contribution in [0.15, 0.2) is 53.1 Å². The summed E-state index contributed by atoms with van der Waals surface area (Å²) in [5.41, 5.74) is 2.41. The Balaban J connectivity index is 1.76. The van der Waals surface area contributed by atoms with Crippen molar-refractivity contribution in [1.29, 1.82) is 5.26 Å². The first-order valence-electron chi connectivity index (χ1n) is 7.58. The van der Waals surface area contributed by atoms with Crippen molar-refractivity contribution in [3.63, 3.8) is 0 Å². The van der Waals surface area contributed by atoms with Gasteiger partial charge in [-0.05, 0) is 50.2 Å². The van der Waals surface area contributed by atoms with Crippen LogP contribution in [0.5, 0.6) is 11.5 Å². The number of nitrogens with zero attached hydrogens (tertiary/aromatic N) is 2. The predicted molar refractivity (Wildman–Crippen MR) is 91.6 cm³/mol. The van der Waals surface area contributed by atoms with E-state index in [4.69, 9.17) is 9.15 Å². The fourth-order valence-electron chi connectivity index (χ4n) is 2.34. The first-order valence-corrected chi connectivity index (χ1v) is 7.58. The minimum absolute atomic E-state index is 0.238. The number of carbonyl (C=O) groups is 1. The van der Waals surface area contributed by atoms with Crippen LogP contribution in [-0.4, -0.2) is 10.9 Å². The lowest BCUT2D eigenvalue weighted by molar-refractivity contribution is 0.0996. The van der Waals surface area contributed by atoms with Gasteiger partial charge in [0.05, 0.1) is 12.0 Å². The van der Waals surface area contributed by atoms with E-state index in [0.717, 1.165) is 5.69 Å². The van der Waals surface area contributed by atoms with Gasteiger partial charge in [-0.1, -0.05) is 0 Å². The highest BCUT2D eigenvalue weighted by Gasteiger charge is 2.11. The maximum Gasteiger partial charge on any atom is 0.291 e. The van der Waals surface area contributed by atoms with Gasteiger partial charge in [-0.3, -0.25) is 9.78 Å². The molecule has 1 amide bonds. The van der Waals surface area contributed by atoms with E-state index in [1.54, 1.807) is 49.4 Å². The first-order chi connectivity index (χ1) is 12.1. The molecular weight excluding hydrogens is 318 g/mol. The zero-order valence-electron chi connectivity index (χ0n) is 13.7. The Morgan fingerprint density at radius 3 is 2.64 bits per heavy atom. The minimum atomic E-state index is -0.328. The molecule has 3 aromatic rings. The molecule has 0 spiro atoms. The molecule has 0 saturated carbocycles. The van der Waals surface area contributed by atoms with E-state index in [2.05, 4.69) is 16.4 Å². The van der Waals surface area contributed by atoms with Gasteiger partial charge < -0.3 is 14.5 Å². The fraction of sp³-hybridized carbons (Fsp3) is 0.105. The third-order valence-electron chi connectivity index (χ3n) is 3.49. The molecule has 0 radical (unpaired) electrons. The summed E-state index contributed by atoms with van der Waals surface area (Å²) < 4.78 is 10.8. The van der Waals surface area contributed by atoms with E-state index < -0.39 is 0 Å². The summed E-state index contributed by atoms with van der Waals surface area (Å²) in [5, 5.41) is 12.0. The second-order valence-electron chi connectivity index (χ2n) is 5.39. The van der Waals surface area contributed by atoms with Crippen LogP contribution in [0.2, 0.25) is 0 Å². The highest BCUT2D eigenvalue weighted by atomic mass is 16.5. The van der Waals surface area contributed by atoms with Gasteiger partial charge >= 0.3 is 0 Å². The number of anilines is 1. The average molecular weight is 333 g/mol. The van der Waals surface area contributed by atoms with E-state index in [-0.39, 0.29) is 11.7 Å². The number of nitrogens with one attached hydrogen (secondary N) is 1. The van der Waals surface area contributed by atoms with Crippen molar-refractivity contribution in [2.45, 2.75) is 13.8 Å². The molecule has 0 unspecified atom stereocenters. The van der Waals surface area contributed by atoms with Crippen molar-refractivity contribution in [3.8, 4) is 17.6 Å². The molecule has 6 heteroatoms. The minimum Gasteiger partial charge on any atom is -0.459 e. The Hall–Kier alpha value is -3.59.